The van der Waals surface area contributed by atoms with Gasteiger partial charge in [0, 0.05) is 11.9 Å². The summed E-state index contributed by atoms with van der Waals surface area (Å²) in [6.07, 6.45) is 2.65. The van der Waals surface area contributed by atoms with Gasteiger partial charge in [0.15, 0.2) is 6.29 Å². The number of benzene rings is 1. The summed E-state index contributed by atoms with van der Waals surface area (Å²) in [5, 5.41) is 0.466. The summed E-state index contributed by atoms with van der Waals surface area (Å²) in [6, 6.07) is 9.69. The van der Waals surface area contributed by atoms with Gasteiger partial charge in [-0.25, -0.2) is 0 Å². The van der Waals surface area contributed by atoms with E-state index in [1.165, 1.54) is 0 Å². The molecular weight excluding hydrogens is 210 g/mol. The molecule has 0 atom stereocenters. The molecule has 15 heavy (non-hydrogen) atoms. The van der Waals surface area contributed by atoms with Crippen LogP contribution in [0.25, 0.3) is 5.69 Å². The first-order chi connectivity index (χ1) is 7.24. The lowest BCUT2D eigenvalue weighted by Gasteiger charge is -2.03. The van der Waals surface area contributed by atoms with Gasteiger partial charge >= 0.3 is 0 Å². The van der Waals surface area contributed by atoms with E-state index in [0.717, 1.165) is 17.5 Å². The van der Waals surface area contributed by atoms with Crippen LogP contribution in [0.1, 0.15) is 15.9 Å². The van der Waals surface area contributed by atoms with Crippen LogP contribution < -0.4 is 0 Å². The number of aromatic nitrogens is 1. The van der Waals surface area contributed by atoms with E-state index in [0.29, 0.717) is 10.7 Å². The number of hydrogen-bond donors (Lipinski definition) is 0. The minimum atomic E-state index is 0.466. The Hall–Kier alpha value is -1.54. The Morgan fingerprint density at radius 3 is 2.47 bits per heavy atom. The second-order valence-electron chi connectivity index (χ2n) is 3.34. The van der Waals surface area contributed by atoms with Crippen molar-refractivity contribution in [1.82, 2.24) is 4.57 Å². The maximum Gasteiger partial charge on any atom is 0.153 e. The third kappa shape index (κ3) is 1.68. The largest absolute Gasteiger partial charge is 0.307 e. The maximum atomic E-state index is 10.8. The zero-order chi connectivity index (χ0) is 10.8. The number of aryl methyl sites for hydroxylation is 1. The fraction of sp³-hybridized carbons (Fsp3) is 0.0833. The van der Waals surface area contributed by atoms with Gasteiger partial charge in [0.05, 0.1) is 5.56 Å². The van der Waals surface area contributed by atoms with Crippen molar-refractivity contribution < 1.29 is 4.79 Å². The molecule has 0 unspecified atom stereocenters. The van der Waals surface area contributed by atoms with E-state index in [1.807, 2.05) is 43.5 Å². The zero-order valence-corrected chi connectivity index (χ0v) is 9.03. The van der Waals surface area contributed by atoms with Crippen molar-refractivity contribution >= 4 is 17.9 Å². The van der Waals surface area contributed by atoms with Gasteiger partial charge < -0.3 is 4.57 Å². The zero-order valence-electron chi connectivity index (χ0n) is 8.27. The predicted octanol–water partition coefficient (Wildman–Crippen LogP) is 3.25. The number of halogens is 1. The van der Waals surface area contributed by atoms with Crippen LogP contribution in [-0.2, 0) is 0 Å². The third-order valence-electron chi connectivity index (χ3n) is 2.33. The summed E-state index contributed by atoms with van der Waals surface area (Å²) < 4.78 is 1.81. The molecule has 2 rings (SSSR count). The number of aldehydes is 1. The molecule has 0 bridgehead atoms. The lowest BCUT2D eigenvalue weighted by Crippen LogP contribution is -1.91. The van der Waals surface area contributed by atoms with E-state index in [-0.39, 0.29) is 0 Å². The van der Waals surface area contributed by atoms with Crippen LogP contribution in [0.3, 0.4) is 0 Å². The highest BCUT2D eigenvalue weighted by molar-refractivity contribution is 6.32. The SMILES string of the molecule is Cc1cn(-c2ccccc2)c(Cl)c1C=O. The Kier molecular flexibility index (Phi) is 2.60. The standard InChI is InChI=1S/C12H10ClNO/c1-9-7-14(12(13)11(9)8-15)10-5-3-2-4-6-10/h2-8H,1H3. The van der Waals surface area contributed by atoms with Crippen LogP contribution in [-0.4, -0.2) is 10.9 Å². The Bertz CT molecular complexity index is 488. The highest BCUT2D eigenvalue weighted by atomic mass is 35.5. The Labute approximate surface area is 93.1 Å². The van der Waals surface area contributed by atoms with Gasteiger partial charge in [-0.3, -0.25) is 4.79 Å². The summed E-state index contributed by atoms with van der Waals surface area (Å²) in [4.78, 5) is 10.8. The molecule has 0 N–H and O–H groups in total. The number of rotatable bonds is 2. The number of para-hydroxylation sites is 1. The molecule has 3 heteroatoms. The summed E-state index contributed by atoms with van der Waals surface area (Å²) in [5.41, 5.74) is 2.40. The molecule has 2 aromatic rings. The molecule has 76 valence electrons. The van der Waals surface area contributed by atoms with Crippen molar-refractivity contribution in [2.75, 3.05) is 0 Å². The van der Waals surface area contributed by atoms with Crippen molar-refractivity contribution in [3.8, 4) is 5.69 Å². The summed E-state index contributed by atoms with van der Waals surface area (Å²) >= 11 is 6.10. The lowest BCUT2D eigenvalue weighted by molar-refractivity contribution is 0.112. The number of hydrogen-bond acceptors (Lipinski definition) is 1. The molecule has 1 aromatic carbocycles. The van der Waals surface area contributed by atoms with E-state index in [2.05, 4.69) is 0 Å². The fourth-order valence-corrected chi connectivity index (χ4v) is 1.87. The smallest absolute Gasteiger partial charge is 0.153 e. The highest BCUT2D eigenvalue weighted by Crippen LogP contribution is 2.24. The molecule has 0 aliphatic heterocycles. The average molecular weight is 220 g/mol. The first-order valence-corrected chi connectivity index (χ1v) is 5.00. The number of carbonyl (C=O) groups is 1. The Balaban J connectivity index is 2.60. The van der Waals surface area contributed by atoms with Gasteiger partial charge in [0.2, 0.25) is 0 Å². The monoisotopic (exact) mass is 219 g/mol. The summed E-state index contributed by atoms with van der Waals surface area (Å²) in [6.45, 7) is 1.87. The third-order valence-corrected chi connectivity index (χ3v) is 2.72. The van der Waals surface area contributed by atoms with Crippen molar-refractivity contribution in [3.05, 3.63) is 52.8 Å². The fourth-order valence-electron chi connectivity index (χ4n) is 1.53. The molecule has 2 nitrogen and oxygen atoms in total. The van der Waals surface area contributed by atoms with E-state index in [4.69, 9.17) is 11.6 Å². The quantitative estimate of drug-likeness (QED) is 0.711. The summed E-state index contributed by atoms with van der Waals surface area (Å²) in [7, 11) is 0. The van der Waals surface area contributed by atoms with Crippen LogP contribution in [0.15, 0.2) is 36.5 Å². The topological polar surface area (TPSA) is 22.0 Å². The van der Waals surface area contributed by atoms with E-state index >= 15 is 0 Å². The average Bonchev–Trinajstić information content (AvgIpc) is 2.55. The lowest BCUT2D eigenvalue weighted by atomic mass is 10.2. The highest BCUT2D eigenvalue weighted by Gasteiger charge is 2.11. The van der Waals surface area contributed by atoms with Crippen LogP contribution in [0.5, 0.6) is 0 Å². The normalized spacial score (nSPS) is 10.3. The molecule has 0 amide bonds. The van der Waals surface area contributed by atoms with Crippen molar-refractivity contribution in [3.63, 3.8) is 0 Å². The maximum absolute atomic E-state index is 10.8. The Morgan fingerprint density at radius 2 is 1.93 bits per heavy atom. The van der Waals surface area contributed by atoms with Gasteiger partial charge in [0.25, 0.3) is 0 Å². The molecule has 1 aromatic heterocycles. The molecule has 0 fully saturated rings. The molecule has 0 saturated heterocycles. The minimum absolute atomic E-state index is 0.466. The number of nitrogens with zero attached hydrogens (tertiary/aromatic N) is 1. The molecule has 1 heterocycles. The number of carbonyl (C=O) groups excluding carboxylic acids is 1. The van der Waals surface area contributed by atoms with Gasteiger partial charge in [-0.05, 0) is 24.6 Å². The van der Waals surface area contributed by atoms with Crippen molar-refractivity contribution in [2.45, 2.75) is 6.92 Å². The van der Waals surface area contributed by atoms with E-state index < -0.39 is 0 Å². The minimum Gasteiger partial charge on any atom is -0.307 e. The van der Waals surface area contributed by atoms with Gasteiger partial charge in [0.1, 0.15) is 5.15 Å². The van der Waals surface area contributed by atoms with Crippen LogP contribution in [0.4, 0.5) is 0 Å². The van der Waals surface area contributed by atoms with E-state index in [1.54, 1.807) is 4.57 Å². The van der Waals surface area contributed by atoms with Crippen LogP contribution in [0, 0.1) is 6.92 Å². The molecular formula is C12H10ClNO. The second-order valence-corrected chi connectivity index (χ2v) is 3.70. The first kappa shape index (κ1) is 9.99. The van der Waals surface area contributed by atoms with E-state index in [9.17, 15) is 4.79 Å². The van der Waals surface area contributed by atoms with Gasteiger partial charge in [-0.2, -0.15) is 0 Å². The predicted molar refractivity (Wildman–Crippen MR) is 60.9 cm³/mol. The van der Waals surface area contributed by atoms with Crippen molar-refractivity contribution in [1.29, 1.82) is 0 Å². The molecule has 0 saturated carbocycles. The Morgan fingerprint density at radius 1 is 1.27 bits per heavy atom. The molecule has 0 spiro atoms. The molecule has 0 aliphatic rings. The van der Waals surface area contributed by atoms with Crippen LogP contribution >= 0.6 is 11.6 Å². The second kappa shape index (κ2) is 3.91. The molecule has 0 aliphatic carbocycles. The first-order valence-electron chi connectivity index (χ1n) is 4.62. The molecule has 0 radical (unpaired) electrons. The van der Waals surface area contributed by atoms with Crippen LogP contribution in [0.2, 0.25) is 5.15 Å². The van der Waals surface area contributed by atoms with Crippen molar-refractivity contribution in [2.24, 2.45) is 0 Å². The summed E-state index contributed by atoms with van der Waals surface area (Å²) in [5.74, 6) is 0. The van der Waals surface area contributed by atoms with Gasteiger partial charge in [-0.1, -0.05) is 29.8 Å². The van der Waals surface area contributed by atoms with Gasteiger partial charge in [-0.15, -0.1) is 0 Å².